The molecule has 0 N–H and O–H groups in total. The molecule has 0 radical (unpaired) electrons. The van der Waals surface area contributed by atoms with Crippen molar-refractivity contribution in [2.24, 2.45) is 21.1 Å². The van der Waals surface area contributed by atoms with Gasteiger partial charge in [0.1, 0.15) is 5.52 Å². The summed E-state index contributed by atoms with van der Waals surface area (Å²) >= 11 is 0. The monoisotopic (exact) mass is 224 g/mol. The third-order valence-electron chi connectivity index (χ3n) is 2.36. The molecule has 0 spiro atoms. The first-order valence-corrected chi connectivity index (χ1v) is 5.11. The summed E-state index contributed by atoms with van der Waals surface area (Å²) in [7, 11) is 4.75. The zero-order valence-corrected chi connectivity index (χ0v) is 10.2. The van der Waals surface area contributed by atoms with E-state index in [0.29, 0.717) is 11.0 Å². The molecule has 0 aliphatic heterocycles. The molecular formula is C10H16N4O2. The van der Waals surface area contributed by atoms with Gasteiger partial charge in [0.25, 0.3) is 5.56 Å². The average Bonchev–Trinajstić information content (AvgIpc) is 2.68. The van der Waals surface area contributed by atoms with E-state index in [4.69, 9.17) is 0 Å². The number of fused-ring (bicyclic) bond motifs is 1. The predicted octanol–water partition coefficient (Wildman–Crippen LogP) is -0.00310. The summed E-state index contributed by atoms with van der Waals surface area (Å²) in [6.07, 6.45) is 1.51. The van der Waals surface area contributed by atoms with Crippen molar-refractivity contribution in [2.75, 3.05) is 0 Å². The number of aryl methyl sites for hydroxylation is 2. The average molecular weight is 224 g/mol. The van der Waals surface area contributed by atoms with Crippen LogP contribution in [0.3, 0.4) is 0 Å². The highest BCUT2D eigenvalue weighted by Crippen LogP contribution is 2.03. The van der Waals surface area contributed by atoms with E-state index in [1.54, 1.807) is 14.1 Å². The minimum Gasteiger partial charge on any atom is -0.293 e. The standard InChI is InChI=1S/C8H10N4O2.C2H6/c1-10-5-4-9-12(3)6(5)7(13)11(2)8(10)14;1-2/h4H,1-3H3;1-2H3. The second-order valence-corrected chi connectivity index (χ2v) is 3.21. The molecule has 2 heterocycles. The molecule has 0 fully saturated rings. The van der Waals surface area contributed by atoms with Gasteiger partial charge in [0.2, 0.25) is 0 Å². The van der Waals surface area contributed by atoms with Crippen molar-refractivity contribution in [3.8, 4) is 0 Å². The molecule has 0 atom stereocenters. The molecule has 88 valence electrons. The van der Waals surface area contributed by atoms with Crippen LogP contribution in [0.2, 0.25) is 0 Å². The largest absolute Gasteiger partial charge is 0.331 e. The summed E-state index contributed by atoms with van der Waals surface area (Å²) in [4.78, 5) is 23.2. The van der Waals surface area contributed by atoms with Gasteiger partial charge in [0, 0.05) is 21.1 Å². The van der Waals surface area contributed by atoms with Crippen LogP contribution in [0.1, 0.15) is 13.8 Å². The molecule has 0 unspecified atom stereocenters. The summed E-state index contributed by atoms with van der Waals surface area (Å²) < 4.78 is 3.95. The van der Waals surface area contributed by atoms with Gasteiger partial charge in [-0.25, -0.2) is 4.79 Å². The van der Waals surface area contributed by atoms with Crippen LogP contribution >= 0.6 is 0 Å². The number of aromatic nitrogens is 4. The van der Waals surface area contributed by atoms with E-state index < -0.39 is 0 Å². The van der Waals surface area contributed by atoms with Gasteiger partial charge in [-0.1, -0.05) is 13.8 Å². The van der Waals surface area contributed by atoms with Gasteiger partial charge in [-0.3, -0.25) is 18.6 Å². The van der Waals surface area contributed by atoms with Crippen molar-refractivity contribution in [1.82, 2.24) is 18.9 Å². The first-order valence-electron chi connectivity index (χ1n) is 5.11. The van der Waals surface area contributed by atoms with Gasteiger partial charge < -0.3 is 0 Å². The van der Waals surface area contributed by atoms with Gasteiger partial charge >= 0.3 is 5.69 Å². The van der Waals surface area contributed by atoms with Gasteiger partial charge in [-0.2, -0.15) is 5.10 Å². The van der Waals surface area contributed by atoms with Crippen molar-refractivity contribution in [3.05, 3.63) is 27.0 Å². The lowest BCUT2D eigenvalue weighted by molar-refractivity contribution is 0.703. The lowest BCUT2D eigenvalue weighted by atomic mass is 10.4. The zero-order valence-electron chi connectivity index (χ0n) is 10.2. The summed E-state index contributed by atoms with van der Waals surface area (Å²) in [5.41, 5.74) is 0.341. The fourth-order valence-corrected chi connectivity index (χ4v) is 1.49. The Bertz CT molecular complexity index is 618. The molecule has 0 saturated carbocycles. The second kappa shape index (κ2) is 4.34. The fourth-order valence-electron chi connectivity index (χ4n) is 1.49. The highest BCUT2D eigenvalue weighted by atomic mass is 16.2. The van der Waals surface area contributed by atoms with E-state index in [2.05, 4.69) is 5.10 Å². The van der Waals surface area contributed by atoms with Crippen LogP contribution < -0.4 is 11.2 Å². The summed E-state index contributed by atoms with van der Waals surface area (Å²) in [5.74, 6) is 0. The van der Waals surface area contributed by atoms with Crippen molar-refractivity contribution >= 4 is 11.0 Å². The highest BCUT2D eigenvalue weighted by molar-refractivity contribution is 5.73. The van der Waals surface area contributed by atoms with E-state index in [0.717, 1.165) is 4.57 Å². The van der Waals surface area contributed by atoms with Crippen LogP contribution in [-0.2, 0) is 21.1 Å². The van der Waals surface area contributed by atoms with Crippen LogP contribution in [0.4, 0.5) is 0 Å². The van der Waals surface area contributed by atoms with E-state index >= 15 is 0 Å². The van der Waals surface area contributed by atoms with E-state index in [1.807, 2.05) is 13.8 Å². The van der Waals surface area contributed by atoms with Crippen LogP contribution in [-0.4, -0.2) is 18.9 Å². The van der Waals surface area contributed by atoms with Crippen LogP contribution in [0.25, 0.3) is 11.0 Å². The van der Waals surface area contributed by atoms with E-state index in [1.165, 1.54) is 22.5 Å². The minimum absolute atomic E-state index is 0.317. The number of rotatable bonds is 0. The molecule has 0 aliphatic rings. The first-order chi connectivity index (χ1) is 7.54. The molecule has 0 aromatic carbocycles. The number of nitrogens with zero attached hydrogens (tertiary/aromatic N) is 4. The van der Waals surface area contributed by atoms with Gasteiger partial charge in [-0.05, 0) is 0 Å². The maximum atomic E-state index is 11.7. The Morgan fingerprint density at radius 1 is 1.06 bits per heavy atom. The molecule has 0 saturated heterocycles. The molecule has 0 aliphatic carbocycles. The van der Waals surface area contributed by atoms with E-state index in [9.17, 15) is 9.59 Å². The second-order valence-electron chi connectivity index (χ2n) is 3.21. The Kier molecular flexibility index (Phi) is 3.31. The quantitative estimate of drug-likeness (QED) is 0.632. The number of hydrogen-bond acceptors (Lipinski definition) is 3. The minimum atomic E-state index is -0.337. The van der Waals surface area contributed by atoms with Crippen molar-refractivity contribution < 1.29 is 0 Å². The topological polar surface area (TPSA) is 61.8 Å². The molecule has 2 aromatic heterocycles. The SMILES string of the molecule is CC.Cn1c(=O)c2c(cnn2C)n(C)c1=O. The van der Waals surface area contributed by atoms with Gasteiger partial charge in [0.05, 0.1) is 11.7 Å². The van der Waals surface area contributed by atoms with Crippen LogP contribution in [0.5, 0.6) is 0 Å². The Hall–Kier alpha value is -1.85. The van der Waals surface area contributed by atoms with Crippen molar-refractivity contribution in [1.29, 1.82) is 0 Å². The van der Waals surface area contributed by atoms with Gasteiger partial charge in [0.15, 0.2) is 0 Å². The molecule has 2 rings (SSSR count). The Labute approximate surface area is 92.7 Å². The van der Waals surface area contributed by atoms with Crippen molar-refractivity contribution in [3.63, 3.8) is 0 Å². The normalized spacial score (nSPS) is 10.1. The number of hydrogen-bond donors (Lipinski definition) is 0. The third-order valence-corrected chi connectivity index (χ3v) is 2.36. The molecule has 16 heavy (non-hydrogen) atoms. The molecule has 0 bridgehead atoms. The van der Waals surface area contributed by atoms with Crippen LogP contribution in [0, 0.1) is 0 Å². The third kappa shape index (κ3) is 1.56. The molecular weight excluding hydrogens is 208 g/mol. The predicted molar refractivity (Wildman–Crippen MR) is 62.5 cm³/mol. The fraction of sp³-hybridized carbons (Fsp3) is 0.500. The first kappa shape index (κ1) is 12.2. The summed E-state index contributed by atoms with van der Waals surface area (Å²) in [6.45, 7) is 4.00. The molecule has 6 nitrogen and oxygen atoms in total. The molecule has 2 aromatic rings. The van der Waals surface area contributed by atoms with Crippen LogP contribution in [0.15, 0.2) is 15.8 Å². The van der Waals surface area contributed by atoms with Gasteiger partial charge in [-0.15, -0.1) is 0 Å². The Morgan fingerprint density at radius 3 is 2.19 bits per heavy atom. The summed E-state index contributed by atoms with van der Waals surface area (Å²) in [5, 5.41) is 3.94. The Balaban J connectivity index is 0.000000606. The lowest BCUT2D eigenvalue weighted by Crippen LogP contribution is -2.37. The molecule has 0 amide bonds. The Morgan fingerprint density at radius 2 is 1.62 bits per heavy atom. The maximum absolute atomic E-state index is 11.7. The van der Waals surface area contributed by atoms with Crippen molar-refractivity contribution in [2.45, 2.75) is 13.8 Å². The zero-order chi connectivity index (χ0) is 12.5. The smallest absolute Gasteiger partial charge is 0.293 e. The van der Waals surface area contributed by atoms with E-state index in [-0.39, 0.29) is 11.2 Å². The lowest BCUT2D eigenvalue weighted by Gasteiger charge is -2.02. The molecule has 6 heteroatoms. The summed E-state index contributed by atoms with van der Waals surface area (Å²) in [6, 6.07) is 0. The maximum Gasteiger partial charge on any atom is 0.331 e. The highest BCUT2D eigenvalue weighted by Gasteiger charge is 2.11.